The molecule has 110 valence electrons. The number of benzene rings is 1. The van der Waals surface area contributed by atoms with E-state index in [4.69, 9.17) is 5.11 Å². The Kier molecular flexibility index (Phi) is 4.15. The van der Waals surface area contributed by atoms with E-state index in [1.54, 1.807) is 0 Å². The minimum absolute atomic E-state index is 0.194. The van der Waals surface area contributed by atoms with Gasteiger partial charge in [-0.25, -0.2) is 0 Å². The Balaban J connectivity index is 1.62. The van der Waals surface area contributed by atoms with Gasteiger partial charge in [0, 0.05) is 18.0 Å². The van der Waals surface area contributed by atoms with Gasteiger partial charge in [0.1, 0.15) is 0 Å². The molecule has 0 radical (unpaired) electrons. The first-order chi connectivity index (χ1) is 10.2. The second kappa shape index (κ2) is 6.22. The number of rotatable bonds is 4. The number of hydrogen-bond donors (Lipinski definition) is 2. The number of aromatic nitrogens is 1. The molecule has 0 saturated heterocycles. The highest BCUT2D eigenvalue weighted by Gasteiger charge is 2.26. The zero-order valence-corrected chi connectivity index (χ0v) is 12.0. The van der Waals surface area contributed by atoms with E-state index >= 15 is 0 Å². The smallest absolute Gasteiger partial charge is 0.306 e. The fourth-order valence-corrected chi connectivity index (χ4v) is 3.06. The Bertz CT molecular complexity index is 641. The lowest BCUT2D eigenvalue weighted by Gasteiger charge is -2.27. The molecule has 2 atom stereocenters. The van der Waals surface area contributed by atoms with Crippen molar-refractivity contribution in [3.63, 3.8) is 0 Å². The maximum atomic E-state index is 11.1. The standard InChI is InChI=1S/C17H20N2O2/c20-17(21)13-5-3-6-14(10-13)18-11-15-9-8-12-4-1-2-7-16(12)19-15/h1-2,4,7-9,13-14,18H,3,5-6,10-11H2,(H,20,21). The molecule has 2 unspecified atom stereocenters. The first-order valence-corrected chi connectivity index (χ1v) is 7.53. The molecule has 1 fully saturated rings. The number of nitrogens with one attached hydrogen (secondary N) is 1. The molecular weight excluding hydrogens is 264 g/mol. The fraction of sp³-hybridized carbons (Fsp3) is 0.412. The summed E-state index contributed by atoms with van der Waals surface area (Å²) in [4.78, 5) is 15.7. The number of pyridine rings is 1. The summed E-state index contributed by atoms with van der Waals surface area (Å²) in [7, 11) is 0. The van der Waals surface area contributed by atoms with Crippen molar-refractivity contribution in [2.24, 2.45) is 5.92 Å². The summed E-state index contributed by atoms with van der Waals surface area (Å²) in [6.45, 7) is 0.696. The molecular formula is C17H20N2O2. The SMILES string of the molecule is O=C(O)C1CCCC(NCc2ccc3ccccc3n2)C1. The molecule has 4 nitrogen and oxygen atoms in total. The molecule has 2 aromatic rings. The molecule has 0 bridgehead atoms. The second-order valence-electron chi connectivity index (χ2n) is 5.77. The maximum Gasteiger partial charge on any atom is 0.306 e. The quantitative estimate of drug-likeness (QED) is 0.906. The first-order valence-electron chi connectivity index (χ1n) is 7.53. The summed E-state index contributed by atoms with van der Waals surface area (Å²) in [5, 5.41) is 13.7. The van der Waals surface area contributed by atoms with Crippen molar-refractivity contribution in [2.45, 2.75) is 38.3 Å². The van der Waals surface area contributed by atoms with Crippen LogP contribution in [0.2, 0.25) is 0 Å². The van der Waals surface area contributed by atoms with Gasteiger partial charge in [-0.15, -0.1) is 0 Å². The Morgan fingerprint density at radius 1 is 1.24 bits per heavy atom. The number of carboxylic acids is 1. The molecule has 2 N–H and O–H groups in total. The highest BCUT2D eigenvalue weighted by Crippen LogP contribution is 2.24. The average molecular weight is 284 g/mol. The number of aliphatic carboxylic acids is 1. The van der Waals surface area contributed by atoms with Crippen LogP contribution in [-0.2, 0) is 11.3 Å². The largest absolute Gasteiger partial charge is 0.481 e. The van der Waals surface area contributed by atoms with Gasteiger partial charge in [0.25, 0.3) is 0 Å². The highest BCUT2D eigenvalue weighted by molar-refractivity contribution is 5.78. The van der Waals surface area contributed by atoms with E-state index in [1.807, 2.05) is 24.3 Å². The van der Waals surface area contributed by atoms with E-state index in [-0.39, 0.29) is 12.0 Å². The third-order valence-corrected chi connectivity index (χ3v) is 4.25. The highest BCUT2D eigenvalue weighted by atomic mass is 16.4. The van der Waals surface area contributed by atoms with Crippen LogP contribution in [0.5, 0.6) is 0 Å². The second-order valence-corrected chi connectivity index (χ2v) is 5.77. The van der Waals surface area contributed by atoms with Gasteiger partial charge in [0.05, 0.1) is 17.1 Å². The van der Waals surface area contributed by atoms with Crippen molar-refractivity contribution in [1.82, 2.24) is 10.3 Å². The molecule has 1 aliphatic carbocycles. The van der Waals surface area contributed by atoms with Crippen molar-refractivity contribution in [2.75, 3.05) is 0 Å². The number of fused-ring (bicyclic) bond motifs is 1. The lowest BCUT2D eigenvalue weighted by molar-refractivity contribution is -0.143. The van der Waals surface area contributed by atoms with Crippen LogP contribution in [0.4, 0.5) is 0 Å². The minimum Gasteiger partial charge on any atom is -0.481 e. The Morgan fingerprint density at radius 2 is 2.10 bits per heavy atom. The number of carbonyl (C=O) groups is 1. The first kappa shape index (κ1) is 14.0. The maximum absolute atomic E-state index is 11.1. The van der Waals surface area contributed by atoms with E-state index in [0.29, 0.717) is 6.54 Å². The van der Waals surface area contributed by atoms with Crippen LogP contribution in [0.3, 0.4) is 0 Å². The molecule has 0 amide bonds. The summed E-state index contributed by atoms with van der Waals surface area (Å²) < 4.78 is 0. The monoisotopic (exact) mass is 284 g/mol. The van der Waals surface area contributed by atoms with Gasteiger partial charge in [-0.1, -0.05) is 30.7 Å². The van der Waals surface area contributed by atoms with Crippen LogP contribution >= 0.6 is 0 Å². The lowest BCUT2D eigenvalue weighted by atomic mass is 9.86. The van der Waals surface area contributed by atoms with Gasteiger partial charge in [0.15, 0.2) is 0 Å². The van der Waals surface area contributed by atoms with E-state index < -0.39 is 5.97 Å². The molecule has 4 heteroatoms. The third kappa shape index (κ3) is 3.39. The Hall–Kier alpha value is -1.94. The zero-order valence-electron chi connectivity index (χ0n) is 12.0. The van der Waals surface area contributed by atoms with Crippen LogP contribution in [-0.4, -0.2) is 22.1 Å². The van der Waals surface area contributed by atoms with E-state index in [2.05, 4.69) is 22.4 Å². The van der Waals surface area contributed by atoms with Gasteiger partial charge in [-0.2, -0.15) is 0 Å². The van der Waals surface area contributed by atoms with Gasteiger partial charge in [-0.3, -0.25) is 9.78 Å². The molecule has 21 heavy (non-hydrogen) atoms. The number of nitrogens with zero attached hydrogens (tertiary/aromatic N) is 1. The van der Waals surface area contributed by atoms with Gasteiger partial charge >= 0.3 is 5.97 Å². The van der Waals surface area contributed by atoms with Gasteiger partial charge in [0.2, 0.25) is 0 Å². The predicted octanol–water partition coefficient (Wildman–Crippen LogP) is 2.97. The minimum atomic E-state index is -0.662. The molecule has 1 aromatic carbocycles. The number of carboxylic acid groups (broad SMARTS) is 1. The van der Waals surface area contributed by atoms with Crippen LogP contribution in [0.15, 0.2) is 36.4 Å². The molecule has 3 rings (SSSR count). The molecule has 1 saturated carbocycles. The third-order valence-electron chi connectivity index (χ3n) is 4.25. The van der Waals surface area contributed by atoms with Crippen LogP contribution in [0.1, 0.15) is 31.4 Å². The normalized spacial score (nSPS) is 22.3. The van der Waals surface area contributed by atoms with E-state index in [9.17, 15) is 4.79 Å². The van der Waals surface area contributed by atoms with Crippen molar-refractivity contribution >= 4 is 16.9 Å². The summed E-state index contributed by atoms with van der Waals surface area (Å²) in [5.41, 5.74) is 2.01. The van der Waals surface area contributed by atoms with Crippen LogP contribution in [0.25, 0.3) is 10.9 Å². The summed E-state index contributed by atoms with van der Waals surface area (Å²) in [6.07, 6.45) is 3.57. The molecule has 1 aromatic heterocycles. The summed E-state index contributed by atoms with van der Waals surface area (Å²) in [5.74, 6) is -0.855. The lowest BCUT2D eigenvalue weighted by Crippen LogP contribution is -2.36. The summed E-state index contributed by atoms with van der Waals surface area (Å²) >= 11 is 0. The summed E-state index contributed by atoms with van der Waals surface area (Å²) in [6, 6.07) is 12.5. The molecule has 1 aliphatic rings. The fourth-order valence-electron chi connectivity index (χ4n) is 3.06. The van der Waals surface area contributed by atoms with Crippen LogP contribution < -0.4 is 5.32 Å². The number of para-hydroxylation sites is 1. The molecule has 1 heterocycles. The topological polar surface area (TPSA) is 62.2 Å². The average Bonchev–Trinajstić information content (AvgIpc) is 2.53. The van der Waals surface area contributed by atoms with Gasteiger partial charge in [-0.05, 0) is 31.4 Å². The Morgan fingerprint density at radius 3 is 2.95 bits per heavy atom. The van der Waals surface area contributed by atoms with Crippen LogP contribution in [0, 0.1) is 5.92 Å². The predicted molar refractivity (Wildman–Crippen MR) is 82.0 cm³/mol. The van der Waals surface area contributed by atoms with Crippen molar-refractivity contribution in [3.8, 4) is 0 Å². The van der Waals surface area contributed by atoms with E-state index in [1.165, 1.54) is 0 Å². The molecule has 0 spiro atoms. The van der Waals surface area contributed by atoms with Gasteiger partial charge < -0.3 is 10.4 Å². The van der Waals surface area contributed by atoms with Crippen molar-refractivity contribution < 1.29 is 9.90 Å². The zero-order chi connectivity index (χ0) is 14.7. The van der Waals surface area contributed by atoms with Crippen molar-refractivity contribution in [1.29, 1.82) is 0 Å². The number of hydrogen-bond acceptors (Lipinski definition) is 3. The molecule has 0 aliphatic heterocycles. The van der Waals surface area contributed by atoms with E-state index in [0.717, 1.165) is 42.3 Å². The van der Waals surface area contributed by atoms with Crippen molar-refractivity contribution in [3.05, 3.63) is 42.1 Å². The Labute approximate surface area is 124 Å².